The van der Waals surface area contributed by atoms with Crippen LogP contribution in [0, 0.1) is 0 Å². The van der Waals surface area contributed by atoms with Crippen molar-refractivity contribution in [2.24, 2.45) is 0 Å². The molecule has 18 rings (SSSR count). The van der Waals surface area contributed by atoms with Crippen LogP contribution in [0.1, 0.15) is 74.9 Å². The summed E-state index contributed by atoms with van der Waals surface area (Å²) in [6.07, 6.45) is 6.23. The van der Waals surface area contributed by atoms with Crippen molar-refractivity contribution < 1.29 is 0 Å². The number of hydrogen-bond donors (Lipinski definition) is 0. The van der Waals surface area contributed by atoms with E-state index in [1.54, 1.807) is 0 Å². The van der Waals surface area contributed by atoms with E-state index in [1.165, 1.54) is 99.1 Å². The largest absolute Gasteiger partial charge is 0.294 e. The minimum absolute atomic E-state index is 0.111. The molecule has 85 heavy (non-hydrogen) atoms. The van der Waals surface area contributed by atoms with E-state index in [-0.39, 0.29) is 23.0 Å². The highest BCUT2D eigenvalue weighted by Crippen LogP contribution is 2.56. The molecule has 0 unspecified atom stereocenters. The molecule has 9 aromatic carbocycles. The number of pyridine rings is 3. The standard InChI is InChI=1S/C78H57BN6/c1-76(2)55-25-13-7-19-49(55)70-58(76)34-37-64-73(70)52-22-10-16-28-61(52)83(64)67-40-31-46(43-80-67)79(47-32-41-68(81-44-47)84-62-29-17-11-23-53(62)74-65(84)38-35-59-71(74)50-20-8-14-26-56(50)77(59,3)4)48-33-42-69(82-45-48)85-63-30-18-12-24-54(63)75-66(85)39-36-60-72(75)51-21-9-15-27-57(51)78(60,5)6/h7-45H,1-6H3. The van der Waals surface area contributed by atoms with Crippen LogP contribution in [-0.4, -0.2) is 35.4 Å². The maximum Gasteiger partial charge on any atom is 0.247 e. The molecule has 7 heteroatoms. The van der Waals surface area contributed by atoms with Gasteiger partial charge in [0.15, 0.2) is 0 Å². The molecule has 0 spiro atoms. The summed E-state index contributed by atoms with van der Waals surface area (Å²) >= 11 is 0. The summed E-state index contributed by atoms with van der Waals surface area (Å²) in [5, 5.41) is 7.50. The molecule has 0 atom stereocenters. The molecule has 0 aliphatic heterocycles. The summed E-state index contributed by atoms with van der Waals surface area (Å²) in [6, 6.07) is 80.7. The van der Waals surface area contributed by atoms with E-state index < -0.39 is 0 Å². The lowest BCUT2D eigenvalue weighted by molar-refractivity contribution is 0.660. The zero-order valence-corrected chi connectivity index (χ0v) is 48.3. The zero-order chi connectivity index (χ0) is 56.8. The summed E-state index contributed by atoms with van der Waals surface area (Å²) in [7, 11) is 0. The fourth-order valence-corrected chi connectivity index (χ4v) is 16.2. The summed E-state index contributed by atoms with van der Waals surface area (Å²) in [4.78, 5) is 16.3. The Balaban J connectivity index is 0.796. The molecular weight excluding hydrogens is 1030 g/mol. The first kappa shape index (κ1) is 48.4. The van der Waals surface area contributed by atoms with Crippen LogP contribution in [0.15, 0.2) is 237 Å². The second-order valence-corrected chi connectivity index (χ2v) is 25.5. The lowest BCUT2D eigenvalue weighted by Crippen LogP contribution is -2.52. The highest BCUT2D eigenvalue weighted by molar-refractivity contribution is 6.95. The number of aromatic nitrogens is 6. The molecule has 0 radical (unpaired) electrons. The third-order valence-electron chi connectivity index (χ3n) is 20.1. The molecule has 3 aliphatic rings. The topological polar surface area (TPSA) is 53.5 Å². The van der Waals surface area contributed by atoms with Gasteiger partial charge in [0.2, 0.25) is 6.71 Å². The molecule has 0 amide bonds. The first-order chi connectivity index (χ1) is 41.5. The summed E-state index contributed by atoms with van der Waals surface area (Å²) in [5.74, 6) is 2.61. The van der Waals surface area contributed by atoms with Crippen LogP contribution in [-0.2, 0) is 16.2 Å². The molecular formula is C78H57BN6. The molecule has 0 N–H and O–H groups in total. The molecule has 0 fully saturated rings. The maximum absolute atomic E-state index is 5.44. The SMILES string of the molecule is CC1(C)c2ccccc2-c2c1ccc1c2c2ccccc2n1-c1ccc(B(c2ccc(-n3c4ccccc4c4c5c(ccc43)C(C)(C)c3ccccc3-5)nc2)c2ccc(-n3c4ccccc4c4c5c(ccc43)C(C)(C)c3ccccc3-5)nc2)cn1. The number of hydrogen-bond acceptors (Lipinski definition) is 3. The Bertz CT molecular complexity index is 4850. The quantitative estimate of drug-likeness (QED) is 0.156. The van der Waals surface area contributed by atoms with Gasteiger partial charge in [0, 0.05) is 67.2 Å². The molecule has 15 aromatic rings. The van der Waals surface area contributed by atoms with E-state index in [0.29, 0.717) is 0 Å². The Kier molecular flexibility index (Phi) is 9.70. The predicted molar refractivity (Wildman–Crippen MR) is 353 cm³/mol. The Morgan fingerprint density at radius 1 is 0.271 bits per heavy atom. The van der Waals surface area contributed by atoms with Crippen LogP contribution in [0.2, 0.25) is 0 Å². The smallest absolute Gasteiger partial charge is 0.247 e. The first-order valence-electron chi connectivity index (χ1n) is 29.9. The van der Waals surface area contributed by atoms with Gasteiger partial charge in [-0.05, 0) is 121 Å². The van der Waals surface area contributed by atoms with Crippen molar-refractivity contribution in [2.45, 2.75) is 57.8 Å². The van der Waals surface area contributed by atoms with Gasteiger partial charge in [0.1, 0.15) is 17.5 Å². The van der Waals surface area contributed by atoms with Crippen molar-refractivity contribution in [3.63, 3.8) is 0 Å². The molecule has 402 valence electrons. The van der Waals surface area contributed by atoms with Gasteiger partial charge in [0.05, 0.1) is 33.1 Å². The van der Waals surface area contributed by atoms with Gasteiger partial charge >= 0.3 is 0 Å². The van der Waals surface area contributed by atoms with E-state index in [2.05, 4.69) is 292 Å². The summed E-state index contributed by atoms with van der Waals surface area (Å²) < 4.78 is 7.06. The van der Waals surface area contributed by atoms with Crippen molar-refractivity contribution >= 4 is 88.5 Å². The van der Waals surface area contributed by atoms with Crippen LogP contribution in [0.5, 0.6) is 0 Å². The van der Waals surface area contributed by atoms with Gasteiger partial charge in [-0.1, -0.05) is 222 Å². The molecule has 0 saturated heterocycles. The fourth-order valence-electron chi connectivity index (χ4n) is 16.2. The van der Waals surface area contributed by atoms with Gasteiger partial charge in [-0.15, -0.1) is 0 Å². The maximum atomic E-state index is 5.44. The van der Waals surface area contributed by atoms with Crippen molar-refractivity contribution in [1.29, 1.82) is 0 Å². The molecule has 3 aliphatic carbocycles. The van der Waals surface area contributed by atoms with Gasteiger partial charge in [-0.25, -0.2) is 15.0 Å². The van der Waals surface area contributed by atoms with Crippen LogP contribution in [0.4, 0.5) is 0 Å². The summed E-state index contributed by atoms with van der Waals surface area (Å²) in [5.41, 5.74) is 25.8. The first-order valence-corrected chi connectivity index (χ1v) is 29.9. The lowest BCUT2D eigenvalue weighted by atomic mass is 9.37. The van der Waals surface area contributed by atoms with E-state index in [9.17, 15) is 0 Å². The van der Waals surface area contributed by atoms with Crippen molar-refractivity contribution in [3.8, 4) is 50.8 Å². The Morgan fingerprint density at radius 2 is 0.553 bits per heavy atom. The Labute approximate surface area is 493 Å². The monoisotopic (exact) mass is 1090 g/mol. The molecule has 6 heterocycles. The third-order valence-corrected chi connectivity index (χ3v) is 20.1. The van der Waals surface area contributed by atoms with Crippen LogP contribution in [0.3, 0.4) is 0 Å². The molecule has 6 aromatic heterocycles. The van der Waals surface area contributed by atoms with E-state index >= 15 is 0 Å². The van der Waals surface area contributed by atoms with Gasteiger partial charge in [-0.3, -0.25) is 13.7 Å². The van der Waals surface area contributed by atoms with Gasteiger partial charge < -0.3 is 0 Å². The van der Waals surface area contributed by atoms with Crippen LogP contribution >= 0.6 is 0 Å². The lowest BCUT2D eigenvalue weighted by Gasteiger charge is -2.21. The number of fused-ring (bicyclic) bond motifs is 21. The van der Waals surface area contributed by atoms with E-state index in [0.717, 1.165) is 66.9 Å². The minimum atomic E-state index is -0.245. The second kappa shape index (κ2) is 17.0. The van der Waals surface area contributed by atoms with E-state index in [4.69, 9.17) is 15.0 Å². The summed E-state index contributed by atoms with van der Waals surface area (Å²) in [6.45, 7) is 13.9. The average Bonchev–Trinajstić information content (AvgIpc) is 2.46. The number of benzene rings is 9. The van der Waals surface area contributed by atoms with E-state index in [1.807, 2.05) is 0 Å². The highest BCUT2D eigenvalue weighted by atomic mass is 15.1. The minimum Gasteiger partial charge on any atom is -0.294 e. The fraction of sp³-hybridized carbons (Fsp3) is 0.115. The second-order valence-electron chi connectivity index (χ2n) is 25.5. The predicted octanol–water partition coefficient (Wildman–Crippen LogP) is 16.6. The normalized spacial score (nSPS) is 14.8. The average molecular weight is 1090 g/mol. The molecule has 0 bridgehead atoms. The highest BCUT2D eigenvalue weighted by Gasteiger charge is 2.40. The Hall–Kier alpha value is -10.1. The van der Waals surface area contributed by atoms with Crippen molar-refractivity contribution in [1.82, 2.24) is 28.7 Å². The number of para-hydroxylation sites is 3. The molecule has 0 saturated carbocycles. The number of rotatable bonds is 6. The van der Waals surface area contributed by atoms with Crippen LogP contribution in [0.25, 0.3) is 116 Å². The van der Waals surface area contributed by atoms with Crippen molar-refractivity contribution in [3.05, 3.63) is 270 Å². The third kappa shape index (κ3) is 6.37. The van der Waals surface area contributed by atoms with Gasteiger partial charge in [-0.2, -0.15) is 0 Å². The number of nitrogens with zero attached hydrogens (tertiary/aromatic N) is 6. The zero-order valence-electron chi connectivity index (χ0n) is 48.3. The van der Waals surface area contributed by atoms with Gasteiger partial charge in [0.25, 0.3) is 0 Å². The van der Waals surface area contributed by atoms with Crippen molar-refractivity contribution in [2.75, 3.05) is 0 Å². The Morgan fingerprint density at radius 3 is 0.847 bits per heavy atom. The molecule has 6 nitrogen and oxygen atoms in total. The van der Waals surface area contributed by atoms with Crippen LogP contribution < -0.4 is 16.4 Å².